The number of halogens is 1. The molecule has 0 radical (unpaired) electrons. The topological polar surface area (TPSA) is 63.7 Å². The van der Waals surface area contributed by atoms with Crippen LogP contribution in [-0.4, -0.2) is 49.1 Å². The number of nitrogens with one attached hydrogen (secondary N) is 1. The third kappa shape index (κ3) is 5.08. The number of carbonyl (C=O) groups excluding carboxylic acids is 1. The van der Waals surface area contributed by atoms with Crippen molar-refractivity contribution >= 4 is 17.2 Å². The van der Waals surface area contributed by atoms with Crippen molar-refractivity contribution < 1.29 is 18.7 Å². The molecule has 2 aromatic carbocycles. The predicted molar refractivity (Wildman–Crippen MR) is 123 cm³/mol. The number of ether oxygens (including phenoxy) is 2. The van der Waals surface area contributed by atoms with Crippen molar-refractivity contribution in [2.24, 2.45) is 0 Å². The maximum Gasteiger partial charge on any atom is 0.270 e. The maximum absolute atomic E-state index is 13.9. The quantitative estimate of drug-likeness (QED) is 0.574. The Morgan fingerprint density at radius 2 is 1.91 bits per heavy atom. The molecule has 0 aliphatic carbocycles. The van der Waals surface area contributed by atoms with Crippen LogP contribution in [0.2, 0.25) is 0 Å². The van der Waals surface area contributed by atoms with Gasteiger partial charge in [-0.15, -0.1) is 11.3 Å². The lowest BCUT2D eigenvalue weighted by molar-refractivity contribution is 0.0904. The Morgan fingerprint density at radius 1 is 1.16 bits per heavy atom. The summed E-state index contributed by atoms with van der Waals surface area (Å²) in [7, 11) is 3.08. The van der Waals surface area contributed by atoms with Crippen LogP contribution < -0.4 is 14.8 Å². The Kier molecular flexibility index (Phi) is 7.02. The Hall–Kier alpha value is -2.97. The first kappa shape index (κ1) is 22.2. The van der Waals surface area contributed by atoms with Gasteiger partial charge in [0.05, 0.1) is 19.8 Å². The van der Waals surface area contributed by atoms with Gasteiger partial charge in [-0.2, -0.15) is 0 Å². The van der Waals surface area contributed by atoms with E-state index in [0.29, 0.717) is 12.2 Å². The molecule has 1 aliphatic rings. The average Bonchev–Trinajstić information content (AvgIpc) is 3.31. The number of carbonyl (C=O) groups is 1. The number of likely N-dealkylation sites (tertiary alicyclic amines) is 1. The van der Waals surface area contributed by atoms with Gasteiger partial charge in [0, 0.05) is 31.1 Å². The molecule has 0 spiro atoms. The highest BCUT2D eigenvalue weighted by Crippen LogP contribution is 2.32. The van der Waals surface area contributed by atoms with Gasteiger partial charge in [0.2, 0.25) is 0 Å². The van der Waals surface area contributed by atoms with Crippen LogP contribution >= 0.6 is 11.3 Å². The van der Waals surface area contributed by atoms with E-state index < -0.39 is 0 Å². The zero-order chi connectivity index (χ0) is 22.5. The van der Waals surface area contributed by atoms with Crippen molar-refractivity contribution in [1.82, 2.24) is 15.2 Å². The predicted octanol–water partition coefficient (Wildman–Crippen LogP) is 4.36. The van der Waals surface area contributed by atoms with E-state index in [1.807, 2.05) is 30.3 Å². The van der Waals surface area contributed by atoms with Crippen molar-refractivity contribution in [2.45, 2.75) is 25.4 Å². The average molecular weight is 456 g/mol. The first-order valence-corrected chi connectivity index (χ1v) is 11.4. The minimum atomic E-state index is -0.345. The highest BCUT2D eigenvalue weighted by atomic mass is 32.1. The molecule has 0 bridgehead atoms. The largest absolute Gasteiger partial charge is 0.496 e. The molecule has 0 atom stereocenters. The zero-order valence-corrected chi connectivity index (χ0v) is 19.0. The standard InChI is InChI=1S/C24H26FN3O3S/c1-30-21-6-4-3-5-18(21)24-27-20(15-32-24)23(29)26-17-9-11-28(12-10-17)14-16-7-8-22(31-2)19(25)13-16/h3-8,13,15,17H,9-12,14H2,1-2H3,(H,26,29). The van der Waals surface area contributed by atoms with Crippen LogP contribution in [0.3, 0.4) is 0 Å². The van der Waals surface area contributed by atoms with Crippen LogP contribution in [-0.2, 0) is 6.54 Å². The molecule has 1 fully saturated rings. The van der Waals surface area contributed by atoms with E-state index in [4.69, 9.17) is 9.47 Å². The molecule has 1 N–H and O–H groups in total. The summed E-state index contributed by atoms with van der Waals surface area (Å²) in [6.45, 7) is 2.35. The second kappa shape index (κ2) is 10.1. The molecular weight excluding hydrogens is 429 g/mol. The number of rotatable bonds is 7. The fourth-order valence-electron chi connectivity index (χ4n) is 3.88. The van der Waals surface area contributed by atoms with Gasteiger partial charge >= 0.3 is 0 Å². The van der Waals surface area contributed by atoms with Crippen LogP contribution in [0.1, 0.15) is 28.9 Å². The van der Waals surface area contributed by atoms with E-state index in [1.54, 1.807) is 18.6 Å². The van der Waals surface area contributed by atoms with E-state index in [9.17, 15) is 9.18 Å². The molecule has 8 heteroatoms. The van der Waals surface area contributed by atoms with Crippen LogP contribution in [0.5, 0.6) is 11.5 Å². The van der Waals surface area contributed by atoms with Crippen LogP contribution in [0.25, 0.3) is 10.6 Å². The molecular formula is C24H26FN3O3S. The van der Waals surface area contributed by atoms with Crippen molar-refractivity contribution in [2.75, 3.05) is 27.3 Å². The number of amides is 1. The summed E-state index contributed by atoms with van der Waals surface area (Å²) in [5.41, 5.74) is 2.21. The number of hydrogen-bond acceptors (Lipinski definition) is 6. The molecule has 6 nitrogen and oxygen atoms in total. The fourth-order valence-corrected chi connectivity index (χ4v) is 4.71. The molecule has 2 heterocycles. The van der Waals surface area contributed by atoms with Crippen LogP contribution in [0, 0.1) is 5.82 Å². The number of thiazole rings is 1. The molecule has 168 valence electrons. The number of aromatic nitrogens is 1. The molecule has 4 rings (SSSR count). The van der Waals surface area contributed by atoms with Crippen molar-refractivity contribution in [3.63, 3.8) is 0 Å². The molecule has 3 aromatic rings. The van der Waals surface area contributed by atoms with Crippen molar-refractivity contribution in [1.29, 1.82) is 0 Å². The van der Waals surface area contributed by atoms with Gasteiger partial charge in [-0.05, 0) is 42.7 Å². The summed E-state index contributed by atoms with van der Waals surface area (Å²) in [5, 5.41) is 5.65. The van der Waals surface area contributed by atoms with E-state index in [0.717, 1.165) is 47.8 Å². The SMILES string of the molecule is COc1ccc(CN2CCC(NC(=O)c3csc(-c4ccccc4OC)n3)CC2)cc1F. The molecule has 32 heavy (non-hydrogen) atoms. The fraction of sp³-hybridized carbons (Fsp3) is 0.333. The smallest absolute Gasteiger partial charge is 0.270 e. The molecule has 1 aliphatic heterocycles. The van der Waals surface area contributed by atoms with Crippen molar-refractivity contribution in [3.8, 4) is 22.1 Å². The summed E-state index contributed by atoms with van der Waals surface area (Å²) in [6, 6.07) is 12.8. The van der Waals surface area contributed by atoms with Gasteiger partial charge < -0.3 is 14.8 Å². The molecule has 1 amide bonds. The summed E-state index contributed by atoms with van der Waals surface area (Å²) >= 11 is 1.43. The van der Waals surface area contributed by atoms with Gasteiger partial charge in [0.15, 0.2) is 11.6 Å². The number of piperidine rings is 1. The molecule has 1 saturated heterocycles. The van der Waals surface area contributed by atoms with E-state index in [2.05, 4.69) is 15.2 Å². The normalized spacial score (nSPS) is 14.8. The highest BCUT2D eigenvalue weighted by molar-refractivity contribution is 7.13. The van der Waals surface area contributed by atoms with Gasteiger partial charge in [-0.3, -0.25) is 9.69 Å². The van der Waals surface area contributed by atoms with Gasteiger partial charge in [-0.1, -0.05) is 18.2 Å². The first-order chi connectivity index (χ1) is 15.6. The minimum Gasteiger partial charge on any atom is -0.496 e. The number of hydrogen-bond donors (Lipinski definition) is 1. The Labute approximate surface area is 191 Å². The number of benzene rings is 2. The lowest BCUT2D eigenvalue weighted by Gasteiger charge is -2.32. The van der Waals surface area contributed by atoms with Crippen LogP contribution in [0.15, 0.2) is 47.8 Å². The van der Waals surface area contributed by atoms with E-state index >= 15 is 0 Å². The molecule has 0 unspecified atom stereocenters. The van der Waals surface area contributed by atoms with Crippen molar-refractivity contribution in [3.05, 3.63) is 64.9 Å². The van der Waals surface area contributed by atoms with E-state index in [-0.39, 0.29) is 23.5 Å². The molecule has 1 aromatic heterocycles. The Morgan fingerprint density at radius 3 is 2.62 bits per heavy atom. The minimum absolute atomic E-state index is 0.0998. The Balaban J connectivity index is 1.30. The first-order valence-electron chi connectivity index (χ1n) is 10.5. The second-order valence-electron chi connectivity index (χ2n) is 7.73. The molecule has 0 saturated carbocycles. The van der Waals surface area contributed by atoms with Crippen LogP contribution in [0.4, 0.5) is 4.39 Å². The Bertz CT molecular complexity index is 1080. The summed E-state index contributed by atoms with van der Waals surface area (Å²) in [4.78, 5) is 19.5. The third-order valence-electron chi connectivity index (χ3n) is 5.62. The number of methoxy groups -OCH3 is 2. The summed E-state index contributed by atoms with van der Waals surface area (Å²) in [6.07, 6.45) is 1.68. The monoisotopic (exact) mass is 455 g/mol. The lowest BCUT2D eigenvalue weighted by Crippen LogP contribution is -2.44. The van der Waals surface area contributed by atoms with Gasteiger partial charge in [0.1, 0.15) is 16.5 Å². The lowest BCUT2D eigenvalue weighted by atomic mass is 10.0. The van der Waals surface area contributed by atoms with E-state index in [1.165, 1.54) is 24.5 Å². The van der Waals surface area contributed by atoms with Gasteiger partial charge in [0.25, 0.3) is 5.91 Å². The summed E-state index contributed by atoms with van der Waals surface area (Å²) in [5.74, 6) is 0.491. The highest BCUT2D eigenvalue weighted by Gasteiger charge is 2.23. The van der Waals surface area contributed by atoms with Gasteiger partial charge in [-0.25, -0.2) is 9.37 Å². The summed E-state index contributed by atoms with van der Waals surface area (Å²) < 4.78 is 24.3. The third-order valence-corrected chi connectivity index (χ3v) is 6.49. The number of para-hydroxylation sites is 1. The second-order valence-corrected chi connectivity index (χ2v) is 8.59. The zero-order valence-electron chi connectivity index (χ0n) is 18.1. The number of nitrogens with zero attached hydrogens (tertiary/aromatic N) is 2. The maximum atomic E-state index is 13.9.